The number of aromatic nitrogens is 2. The predicted octanol–water partition coefficient (Wildman–Crippen LogP) is 0.431. The molecule has 1 aliphatic heterocycles. The number of amides is 1. The van der Waals surface area contributed by atoms with Crippen LogP contribution in [0.15, 0.2) is 36.7 Å². The molecule has 0 saturated carbocycles. The Labute approximate surface area is 111 Å². The van der Waals surface area contributed by atoms with Crippen LogP contribution >= 0.6 is 0 Å². The van der Waals surface area contributed by atoms with Gasteiger partial charge in [-0.3, -0.25) is 10.1 Å². The lowest BCUT2D eigenvalue weighted by atomic mass is 10.0. The Hall–Kier alpha value is -2.14. The molecular formula is C14H16N4O. The maximum Gasteiger partial charge on any atom is 0.234 e. The number of benzene rings is 1. The molecule has 3 rings (SSSR count). The maximum atomic E-state index is 11.3. The summed E-state index contributed by atoms with van der Waals surface area (Å²) in [7, 11) is 0. The Kier molecular flexibility index (Phi) is 3.05. The molecule has 19 heavy (non-hydrogen) atoms. The van der Waals surface area contributed by atoms with E-state index in [4.69, 9.17) is 5.73 Å². The van der Waals surface area contributed by atoms with Gasteiger partial charge in [0.15, 0.2) is 0 Å². The van der Waals surface area contributed by atoms with Gasteiger partial charge in [-0.15, -0.1) is 0 Å². The second-order valence-corrected chi connectivity index (χ2v) is 4.79. The summed E-state index contributed by atoms with van der Waals surface area (Å²) < 4.78 is 2.10. The van der Waals surface area contributed by atoms with Crippen LogP contribution in [0.2, 0.25) is 0 Å². The standard InChI is InChI=1S/C14H16N4O/c15-14(19)11-6-13-12(7-16-11)17-9-18(13)8-10-4-2-1-3-5-10/h1-5,9,11,16H,6-8H2,(H2,15,19)/t11-/m0/s1. The van der Waals surface area contributed by atoms with Crippen molar-refractivity contribution in [3.63, 3.8) is 0 Å². The number of imidazole rings is 1. The number of nitrogens with one attached hydrogen (secondary N) is 1. The first-order valence-electron chi connectivity index (χ1n) is 6.33. The molecule has 1 amide bonds. The molecule has 2 aromatic rings. The van der Waals surface area contributed by atoms with Crippen molar-refractivity contribution in [3.8, 4) is 0 Å². The summed E-state index contributed by atoms with van der Waals surface area (Å²) in [5.41, 5.74) is 8.69. The normalized spacial score (nSPS) is 18.0. The number of nitrogens with zero attached hydrogens (tertiary/aromatic N) is 2. The van der Waals surface area contributed by atoms with Gasteiger partial charge in [-0.1, -0.05) is 30.3 Å². The van der Waals surface area contributed by atoms with Crippen molar-refractivity contribution < 1.29 is 4.79 Å². The number of rotatable bonds is 3. The predicted molar refractivity (Wildman–Crippen MR) is 71.3 cm³/mol. The van der Waals surface area contributed by atoms with Gasteiger partial charge < -0.3 is 10.3 Å². The molecule has 0 radical (unpaired) electrons. The molecule has 1 aromatic heterocycles. The van der Waals surface area contributed by atoms with E-state index in [2.05, 4.69) is 27.0 Å². The van der Waals surface area contributed by atoms with E-state index in [0.29, 0.717) is 13.0 Å². The van der Waals surface area contributed by atoms with Crippen LogP contribution in [0, 0.1) is 0 Å². The average Bonchev–Trinajstić information content (AvgIpc) is 2.82. The summed E-state index contributed by atoms with van der Waals surface area (Å²) in [6.07, 6.45) is 2.44. The number of carbonyl (C=O) groups is 1. The summed E-state index contributed by atoms with van der Waals surface area (Å²) in [6, 6.07) is 9.91. The smallest absolute Gasteiger partial charge is 0.234 e. The Bertz CT molecular complexity index is 591. The molecule has 1 aromatic carbocycles. The number of hydrogen-bond acceptors (Lipinski definition) is 3. The highest BCUT2D eigenvalue weighted by molar-refractivity contribution is 5.80. The van der Waals surface area contributed by atoms with Gasteiger partial charge in [0.1, 0.15) is 0 Å². The Morgan fingerprint density at radius 3 is 2.95 bits per heavy atom. The molecule has 98 valence electrons. The topological polar surface area (TPSA) is 72.9 Å². The van der Waals surface area contributed by atoms with Gasteiger partial charge in [-0.2, -0.15) is 0 Å². The Morgan fingerprint density at radius 2 is 2.21 bits per heavy atom. The molecule has 0 unspecified atom stereocenters. The largest absolute Gasteiger partial charge is 0.368 e. The van der Waals surface area contributed by atoms with Gasteiger partial charge in [0, 0.05) is 25.2 Å². The van der Waals surface area contributed by atoms with E-state index in [1.54, 1.807) is 0 Å². The van der Waals surface area contributed by atoms with Crippen LogP contribution in [-0.4, -0.2) is 21.5 Å². The molecule has 1 aliphatic rings. The van der Waals surface area contributed by atoms with Crippen molar-refractivity contribution in [3.05, 3.63) is 53.6 Å². The first-order chi connectivity index (χ1) is 9.24. The third-order valence-corrected chi connectivity index (χ3v) is 3.49. The van der Waals surface area contributed by atoms with E-state index in [1.165, 1.54) is 5.56 Å². The molecular weight excluding hydrogens is 240 g/mol. The lowest BCUT2D eigenvalue weighted by Crippen LogP contribution is -2.45. The van der Waals surface area contributed by atoms with Crippen LogP contribution < -0.4 is 11.1 Å². The van der Waals surface area contributed by atoms with Crippen molar-refractivity contribution in [1.82, 2.24) is 14.9 Å². The van der Waals surface area contributed by atoms with Gasteiger partial charge in [0.25, 0.3) is 0 Å². The summed E-state index contributed by atoms with van der Waals surface area (Å²) in [5.74, 6) is -0.307. The minimum Gasteiger partial charge on any atom is -0.368 e. The molecule has 5 nitrogen and oxygen atoms in total. The summed E-state index contributed by atoms with van der Waals surface area (Å²) in [5, 5.41) is 3.10. The zero-order valence-electron chi connectivity index (χ0n) is 10.5. The molecule has 0 saturated heterocycles. The average molecular weight is 256 g/mol. The third kappa shape index (κ3) is 2.37. The first-order valence-corrected chi connectivity index (χ1v) is 6.33. The third-order valence-electron chi connectivity index (χ3n) is 3.49. The Balaban J connectivity index is 1.85. The fourth-order valence-corrected chi connectivity index (χ4v) is 2.44. The van der Waals surface area contributed by atoms with Gasteiger partial charge in [-0.05, 0) is 5.56 Å². The summed E-state index contributed by atoms with van der Waals surface area (Å²) in [4.78, 5) is 15.7. The quantitative estimate of drug-likeness (QED) is 0.836. The minimum absolute atomic E-state index is 0.293. The zero-order chi connectivity index (χ0) is 13.2. The molecule has 3 N–H and O–H groups in total. The number of nitrogens with two attached hydrogens (primary N) is 1. The Morgan fingerprint density at radius 1 is 1.42 bits per heavy atom. The van der Waals surface area contributed by atoms with Crippen molar-refractivity contribution in [1.29, 1.82) is 0 Å². The fraction of sp³-hybridized carbons (Fsp3) is 0.286. The van der Waals surface area contributed by atoms with Crippen LogP contribution in [0.4, 0.5) is 0 Å². The lowest BCUT2D eigenvalue weighted by Gasteiger charge is -2.22. The van der Waals surface area contributed by atoms with Crippen molar-refractivity contribution in [2.45, 2.75) is 25.6 Å². The molecule has 0 spiro atoms. The molecule has 5 heteroatoms. The number of hydrogen-bond donors (Lipinski definition) is 2. The SMILES string of the molecule is NC(=O)[C@@H]1Cc2c(ncn2Cc2ccccc2)CN1. The van der Waals surface area contributed by atoms with Crippen LogP contribution in [0.25, 0.3) is 0 Å². The van der Waals surface area contributed by atoms with E-state index in [9.17, 15) is 4.79 Å². The van der Waals surface area contributed by atoms with E-state index in [1.807, 2.05) is 24.5 Å². The minimum atomic E-state index is -0.307. The van der Waals surface area contributed by atoms with E-state index >= 15 is 0 Å². The van der Waals surface area contributed by atoms with Crippen LogP contribution in [0.3, 0.4) is 0 Å². The number of primary amides is 1. The molecule has 2 heterocycles. The molecule has 1 atom stereocenters. The summed E-state index contributed by atoms with van der Waals surface area (Å²) in [6.45, 7) is 1.37. The van der Waals surface area contributed by atoms with Crippen LogP contribution in [-0.2, 0) is 24.3 Å². The van der Waals surface area contributed by atoms with E-state index < -0.39 is 0 Å². The van der Waals surface area contributed by atoms with Crippen molar-refractivity contribution in [2.24, 2.45) is 5.73 Å². The van der Waals surface area contributed by atoms with Gasteiger partial charge >= 0.3 is 0 Å². The molecule has 0 bridgehead atoms. The fourth-order valence-electron chi connectivity index (χ4n) is 2.44. The highest BCUT2D eigenvalue weighted by Gasteiger charge is 2.25. The van der Waals surface area contributed by atoms with Gasteiger partial charge in [0.2, 0.25) is 5.91 Å². The molecule has 0 fully saturated rings. The van der Waals surface area contributed by atoms with E-state index in [0.717, 1.165) is 17.9 Å². The van der Waals surface area contributed by atoms with Crippen molar-refractivity contribution in [2.75, 3.05) is 0 Å². The van der Waals surface area contributed by atoms with Gasteiger partial charge in [-0.25, -0.2) is 4.98 Å². The molecule has 0 aliphatic carbocycles. The summed E-state index contributed by atoms with van der Waals surface area (Å²) >= 11 is 0. The van der Waals surface area contributed by atoms with E-state index in [-0.39, 0.29) is 11.9 Å². The highest BCUT2D eigenvalue weighted by Crippen LogP contribution is 2.17. The maximum absolute atomic E-state index is 11.3. The van der Waals surface area contributed by atoms with Crippen LogP contribution in [0.1, 0.15) is 17.0 Å². The van der Waals surface area contributed by atoms with Crippen LogP contribution in [0.5, 0.6) is 0 Å². The van der Waals surface area contributed by atoms with Crippen molar-refractivity contribution >= 4 is 5.91 Å². The second-order valence-electron chi connectivity index (χ2n) is 4.79. The lowest BCUT2D eigenvalue weighted by molar-refractivity contribution is -0.120. The number of carbonyl (C=O) groups excluding carboxylic acids is 1. The number of fused-ring (bicyclic) bond motifs is 1. The first kappa shape index (κ1) is 11.9. The van der Waals surface area contributed by atoms with Gasteiger partial charge in [0.05, 0.1) is 18.1 Å². The highest BCUT2D eigenvalue weighted by atomic mass is 16.1. The zero-order valence-corrected chi connectivity index (χ0v) is 10.5. The monoisotopic (exact) mass is 256 g/mol. The second kappa shape index (κ2) is 4.85.